The Morgan fingerprint density at radius 3 is 3.10 bits per heavy atom. The quantitative estimate of drug-likeness (QED) is 0.884. The number of hydrogen-bond donors (Lipinski definition) is 1. The molecule has 1 fully saturated rings. The first kappa shape index (κ1) is 14.0. The van der Waals surface area contributed by atoms with Gasteiger partial charge in [0.05, 0.1) is 18.5 Å². The molecule has 0 aliphatic carbocycles. The van der Waals surface area contributed by atoms with E-state index in [2.05, 4.69) is 20.0 Å². The molecule has 1 aliphatic rings. The molecule has 1 aliphatic heterocycles. The topological polar surface area (TPSA) is 76.0 Å². The van der Waals surface area contributed by atoms with E-state index in [1.807, 2.05) is 19.4 Å². The second-order valence-electron chi connectivity index (χ2n) is 5.37. The number of aromatic nitrogens is 4. The van der Waals surface area contributed by atoms with Crippen LogP contribution in [0.25, 0.3) is 0 Å². The van der Waals surface area contributed by atoms with Gasteiger partial charge in [-0.25, -0.2) is 4.98 Å². The minimum atomic E-state index is -0.156. The molecule has 0 amide bonds. The van der Waals surface area contributed by atoms with Crippen LogP contribution in [0, 0.1) is 6.92 Å². The van der Waals surface area contributed by atoms with E-state index in [0.29, 0.717) is 18.1 Å². The summed E-state index contributed by atoms with van der Waals surface area (Å²) < 4.78 is 7.57. The summed E-state index contributed by atoms with van der Waals surface area (Å²) in [6.45, 7) is 4.84. The molecule has 7 nitrogen and oxygen atoms in total. The van der Waals surface area contributed by atoms with Crippen LogP contribution in [0.15, 0.2) is 23.3 Å². The summed E-state index contributed by atoms with van der Waals surface area (Å²) >= 11 is 0. The van der Waals surface area contributed by atoms with Gasteiger partial charge in [0.15, 0.2) is 0 Å². The van der Waals surface area contributed by atoms with Gasteiger partial charge in [0.1, 0.15) is 11.9 Å². The molecule has 2 aromatic heterocycles. The lowest BCUT2D eigenvalue weighted by Crippen LogP contribution is -2.38. The van der Waals surface area contributed by atoms with Gasteiger partial charge in [0, 0.05) is 44.5 Å². The molecule has 0 bridgehead atoms. The van der Waals surface area contributed by atoms with Crippen LogP contribution in [0.3, 0.4) is 0 Å². The number of ether oxygens (including phenoxy) is 1. The van der Waals surface area contributed by atoms with Gasteiger partial charge in [-0.15, -0.1) is 0 Å². The minimum absolute atomic E-state index is 0.134. The molecule has 1 saturated heterocycles. The Bertz CT molecular complexity index is 678. The van der Waals surface area contributed by atoms with E-state index in [1.165, 1.54) is 11.6 Å². The van der Waals surface area contributed by atoms with Crippen LogP contribution in [0.4, 0.5) is 0 Å². The van der Waals surface area contributed by atoms with E-state index in [1.54, 1.807) is 11.6 Å². The molecular weight excluding hydrogens is 270 g/mol. The summed E-state index contributed by atoms with van der Waals surface area (Å²) in [4.78, 5) is 20.9. The fraction of sp³-hybridized carbons (Fsp3) is 0.500. The molecule has 0 spiro atoms. The summed E-state index contributed by atoms with van der Waals surface area (Å²) in [7, 11) is 1.91. The average molecular weight is 289 g/mol. The van der Waals surface area contributed by atoms with Crippen LogP contribution in [0.2, 0.25) is 0 Å². The highest BCUT2D eigenvalue weighted by Crippen LogP contribution is 2.20. The third-order valence-corrected chi connectivity index (χ3v) is 3.52. The van der Waals surface area contributed by atoms with Gasteiger partial charge in [-0.05, 0) is 6.92 Å². The Kier molecular flexibility index (Phi) is 3.85. The van der Waals surface area contributed by atoms with Gasteiger partial charge in [0.25, 0.3) is 5.56 Å². The van der Waals surface area contributed by atoms with Crippen molar-refractivity contribution < 1.29 is 4.74 Å². The fourth-order valence-electron chi connectivity index (χ4n) is 2.60. The van der Waals surface area contributed by atoms with Crippen LogP contribution < -0.4 is 5.56 Å². The minimum Gasteiger partial charge on any atom is -0.369 e. The third kappa shape index (κ3) is 3.37. The average Bonchev–Trinajstić information content (AvgIpc) is 2.83. The summed E-state index contributed by atoms with van der Waals surface area (Å²) in [5.74, 6) is 0.616. The number of aryl methyl sites for hydroxylation is 2. The highest BCUT2D eigenvalue weighted by molar-refractivity contribution is 5.08. The summed E-state index contributed by atoms with van der Waals surface area (Å²) in [6.07, 6.45) is 3.73. The van der Waals surface area contributed by atoms with E-state index in [9.17, 15) is 4.79 Å². The van der Waals surface area contributed by atoms with E-state index >= 15 is 0 Å². The Balaban J connectivity index is 1.71. The summed E-state index contributed by atoms with van der Waals surface area (Å²) in [5, 5.41) is 4.18. The Hall–Kier alpha value is -1.99. The molecule has 2 aromatic rings. The van der Waals surface area contributed by atoms with Crippen molar-refractivity contribution in [2.75, 3.05) is 19.7 Å². The van der Waals surface area contributed by atoms with E-state index in [4.69, 9.17) is 4.74 Å². The van der Waals surface area contributed by atoms with Crippen molar-refractivity contribution in [3.63, 3.8) is 0 Å². The predicted molar refractivity (Wildman–Crippen MR) is 76.8 cm³/mol. The second kappa shape index (κ2) is 5.79. The molecule has 1 atom stereocenters. The Labute approximate surface area is 122 Å². The molecule has 0 aromatic carbocycles. The number of nitrogens with zero attached hydrogens (tertiary/aromatic N) is 4. The van der Waals surface area contributed by atoms with Crippen molar-refractivity contribution in [1.82, 2.24) is 24.6 Å². The standard InChI is InChI=1S/C14H19N5O2/c1-10-16-12(5-14(20)17-10)13-9-19(3-4-21-13)8-11-6-15-18(2)7-11/h5-7,13H,3-4,8-9H2,1-2H3,(H,16,17,20)/t13-/m1/s1. The van der Waals surface area contributed by atoms with E-state index in [0.717, 1.165) is 19.6 Å². The number of nitrogens with one attached hydrogen (secondary N) is 1. The monoisotopic (exact) mass is 289 g/mol. The fourth-order valence-corrected chi connectivity index (χ4v) is 2.60. The van der Waals surface area contributed by atoms with Crippen molar-refractivity contribution in [1.29, 1.82) is 0 Å². The highest BCUT2D eigenvalue weighted by Gasteiger charge is 2.23. The normalized spacial score (nSPS) is 19.8. The van der Waals surface area contributed by atoms with Gasteiger partial charge in [-0.1, -0.05) is 0 Å². The molecule has 7 heteroatoms. The Morgan fingerprint density at radius 1 is 1.52 bits per heavy atom. The van der Waals surface area contributed by atoms with Gasteiger partial charge in [-0.2, -0.15) is 5.10 Å². The summed E-state index contributed by atoms with van der Waals surface area (Å²) in [5.41, 5.74) is 1.74. The van der Waals surface area contributed by atoms with Gasteiger partial charge < -0.3 is 9.72 Å². The third-order valence-electron chi connectivity index (χ3n) is 3.52. The lowest BCUT2D eigenvalue weighted by Gasteiger charge is -2.32. The maximum absolute atomic E-state index is 11.6. The SMILES string of the molecule is Cc1nc([C@H]2CN(Cc3cnn(C)c3)CCO2)cc(=O)[nH]1. The number of aromatic amines is 1. The maximum atomic E-state index is 11.6. The lowest BCUT2D eigenvalue weighted by molar-refractivity contribution is -0.0351. The van der Waals surface area contributed by atoms with E-state index in [-0.39, 0.29) is 11.7 Å². The van der Waals surface area contributed by atoms with Crippen molar-refractivity contribution in [3.05, 3.63) is 45.9 Å². The van der Waals surface area contributed by atoms with Crippen LogP contribution in [0.1, 0.15) is 23.2 Å². The largest absolute Gasteiger partial charge is 0.369 e. The zero-order valence-electron chi connectivity index (χ0n) is 12.2. The van der Waals surface area contributed by atoms with Crippen LogP contribution in [-0.4, -0.2) is 44.3 Å². The molecule has 0 saturated carbocycles. The van der Waals surface area contributed by atoms with Crippen LogP contribution in [0.5, 0.6) is 0 Å². The molecule has 3 heterocycles. The first-order valence-corrected chi connectivity index (χ1v) is 6.99. The zero-order chi connectivity index (χ0) is 14.8. The summed E-state index contributed by atoms with van der Waals surface area (Å²) in [6, 6.07) is 1.52. The smallest absolute Gasteiger partial charge is 0.251 e. The molecular formula is C14H19N5O2. The molecule has 3 rings (SSSR count). The highest BCUT2D eigenvalue weighted by atomic mass is 16.5. The molecule has 1 N–H and O–H groups in total. The van der Waals surface area contributed by atoms with Crippen molar-refractivity contribution in [3.8, 4) is 0 Å². The number of morpholine rings is 1. The van der Waals surface area contributed by atoms with Gasteiger partial charge >= 0.3 is 0 Å². The van der Waals surface area contributed by atoms with Crippen molar-refractivity contribution >= 4 is 0 Å². The molecule has 21 heavy (non-hydrogen) atoms. The predicted octanol–water partition coefficient (Wildman–Crippen LogP) is 0.385. The van der Waals surface area contributed by atoms with Crippen molar-refractivity contribution in [2.24, 2.45) is 7.05 Å². The maximum Gasteiger partial charge on any atom is 0.251 e. The molecule has 112 valence electrons. The number of rotatable bonds is 3. The van der Waals surface area contributed by atoms with E-state index < -0.39 is 0 Å². The van der Waals surface area contributed by atoms with Gasteiger partial charge in [-0.3, -0.25) is 14.4 Å². The lowest BCUT2D eigenvalue weighted by atomic mass is 10.2. The first-order chi connectivity index (χ1) is 10.1. The van der Waals surface area contributed by atoms with Crippen LogP contribution >= 0.6 is 0 Å². The molecule has 0 unspecified atom stereocenters. The molecule has 0 radical (unpaired) electrons. The second-order valence-corrected chi connectivity index (χ2v) is 5.37. The Morgan fingerprint density at radius 2 is 2.38 bits per heavy atom. The number of H-pyrrole nitrogens is 1. The van der Waals surface area contributed by atoms with Crippen LogP contribution in [-0.2, 0) is 18.3 Å². The number of hydrogen-bond acceptors (Lipinski definition) is 5. The first-order valence-electron chi connectivity index (χ1n) is 6.99. The van der Waals surface area contributed by atoms with Gasteiger partial charge in [0.2, 0.25) is 0 Å². The zero-order valence-corrected chi connectivity index (χ0v) is 12.2. The van der Waals surface area contributed by atoms with Crippen molar-refractivity contribution in [2.45, 2.75) is 19.6 Å².